The van der Waals surface area contributed by atoms with E-state index in [-0.39, 0.29) is 18.9 Å². The zero-order chi connectivity index (χ0) is 20.1. The van der Waals surface area contributed by atoms with E-state index in [9.17, 15) is 9.18 Å². The second-order valence-corrected chi connectivity index (χ2v) is 6.86. The monoisotopic (exact) mass is 404 g/mol. The summed E-state index contributed by atoms with van der Waals surface area (Å²) in [5.74, 6) is -0.511. The SMILES string of the molecule is CSc1ccc(Nc2c(C(=O)NOCCCO)c3cccnc3n2C)c(F)c1. The van der Waals surface area contributed by atoms with Crippen LogP contribution in [0, 0.1) is 5.82 Å². The van der Waals surface area contributed by atoms with Crippen LogP contribution in [0.5, 0.6) is 0 Å². The summed E-state index contributed by atoms with van der Waals surface area (Å²) in [6.45, 7) is 0.144. The third-order valence-corrected chi connectivity index (χ3v) is 4.90. The highest BCUT2D eigenvalue weighted by Crippen LogP contribution is 2.32. The number of pyridine rings is 1. The Morgan fingerprint density at radius 1 is 1.39 bits per heavy atom. The van der Waals surface area contributed by atoms with Crippen LogP contribution in [0.3, 0.4) is 0 Å². The summed E-state index contributed by atoms with van der Waals surface area (Å²) >= 11 is 1.44. The molecule has 0 atom stereocenters. The third-order valence-electron chi connectivity index (χ3n) is 4.17. The molecule has 2 aromatic heterocycles. The Balaban J connectivity index is 1.99. The molecule has 1 aromatic carbocycles. The number of aliphatic hydroxyl groups is 1. The Morgan fingerprint density at radius 3 is 2.93 bits per heavy atom. The molecular formula is C19H21FN4O3S. The fourth-order valence-corrected chi connectivity index (χ4v) is 3.22. The predicted molar refractivity (Wildman–Crippen MR) is 107 cm³/mol. The van der Waals surface area contributed by atoms with E-state index in [1.165, 1.54) is 17.8 Å². The topological polar surface area (TPSA) is 88.4 Å². The molecule has 0 aliphatic rings. The number of halogens is 1. The number of amides is 1. The molecule has 2 heterocycles. The first-order valence-electron chi connectivity index (χ1n) is 8.63. The second kappa shape index (κ2) is 9.05. The number of carbonyl (C=O) groups excluding carboxylic acids is 1. The van der Waals surface area contributed by atoms with Crippen molar-refractivity contribution in [3.63, 3.8) is 0 Å². The minimum atomic E-state index is -0.486. The summed E-state index contributed by atoms with van der Waals surface area (Å²) in [5, 5.41) is 12.4. The van der Waals surface area contributed by atoms with Crippen LogP contribution in [-0.2, 0) is 11.9 Å². The molecule has 0 bridgehead atoms. The fraction of sp³-hybridized carbons (Fsp3) is 0.263. The van der Waals surface area contributed by atoms with Crippen molar-refractivity contribution in [3.05, 3.63) is 47.9 Å². The number of benzene rings is 1. The summed E-state index contributed by atoms with van der Waals surface area (Å²) in [5.41, 5.74) is 3.49. The van der Waals surface area contributed by atoms with Crippen LogP contribution in [0.25, 0.3) is 11.0 Å². The van der Waals surface area contributed by atoms with Gasteiger partial charge in [-0.15, -0.1) is 11.8 Å². The van der Waals surface area contributed by atoms with Gasteiger partial charge >= 0.3 is 0 Å². The number of aromatic nitrogens is 2. The van der Waals surface area contributed by atoms with Crippen molar-refractivity contribution >= 4 is 40.2 Å². The van der Waals surface area contributed by atoms with E-state index < -0.39 is 11.7 Å². The smallest absolute Gasteiger partial charge is 0.279 e. The lowest BCUT2D eigenvalue weighted by molar-refractivity contribution is 0.0264. The normalized spacial score (nSPS) is 11.0. The van der Waals surface area contributed by atoms with E-state index in [4.69, 9.17) is 9.94 Å². The van der Waals surface area contributed by atoms with Crippen LogP contribution < -0.4 is 10.8 Å². The van der Waals surface area contributed by atoms with E-state index in [1.807, 2.05) is 6.26 Å². The number of aliphatic hydroxyl groups excluding tert-OH is 1. The summed E-state index contributed by atoms with van der Waals surface area (Å²) in [6.07, 6.45) is 3.89. The minimum Gasteiger partial charge on any atom is -0.396 e. The lowest BCUT2D eigenvalue weighted by Crippen LogP contribution is -2.25. The van der Waals surface area contributed by atoms with Crippen molar-refractivity contribution in [1.29, 1.82) is 0 Å². The van der Waals surface area contributed by atoms with Crippen molar-refractivity contribution < 1.29 is 19.1 Å². The molecule has 0 aliphatic carbocycles. The number of nitrogens with zero attached hydrogens (tertiary/aromatic N) is 2. The zero-order valence-corrected chi connectivity index (χ0v) is 16.3. The second-order valence-electron chi connectivity index (χ2n) is 5.98. The van der Waals surface area contributed by atoms with Crippen LogP contribution in [0.1, 0.15) is 16.8 Å². The number of hydroxylamine groups is 1. The van der Waals surface area contributed by atoms with Gasteiger partial charge in [0, 0.05) is 30.1 Å². The molecular weight excluding hydrogens is 383 g/mol. The van der Waals surface area contributed by atoms with Gasteiger partial charge in [0.05, 0.1) is 17.9 Å². The third kappa shape index (κ3) is 4.11. The molecule has 148 valence electrons. The van der Waals surface area contributed by atoms with Gasteiger partial charge in [-0.25, -0.2) is 14.9 Å². The zero-order valence-electron chi connectivity index (χ0n) is 15.5. The quantitative estimate of drug-likeness (QED) is 0.304. The van der Waals surface area contributed by atoms with E-state index in [0.717, 1.165) is 4.90 Å². The van der Waals surface area contributed by atoms with E-state index in [0.29, 0.717) is 28.8 Å². The highest BCUT2D eigenvalue weighted by atomic mass is 32.2. The van der Waals surface area contributed by atoms with Crippen molar-refractivity contribution in [3.8, 4) is 0 Å². The van der Waals surface area contributed by atoms with E-state index in [2.05, 4.69) is 15.8 Å². The maximum atomic E-state index is 14.5. The number of fused-ring (bicyclic) bond motifs is 1. The van der Waals surface area contributed by atoms with Gasteiger partial charge in [0.1, 0.15) is 17.3 Å². The molecule has 0 unspecified atom stereocenters. The molecule has 0 saturated carbocycles. The van der Waals surface area contributed by atoms with Gasteiger partial charge in [-0.3, -0.25) is 9.63 Å². The lowest BCUT2D eigenvalue weighted by Gasteiger charge is -2.12. The van der Waals surface area contributed by atoms with Gasteiger partial charge in [0.2, 0.25) is 0 Å². The van der Waals surface area contributed by atoms with Crippen LogP contribution in [0.4, 0.5) is 15.9 Å². The Morgan fingerprint density at radius 2 is 2.21 bits per heavy atom. The molecule has 0 saturated heterocycles. The molecule has 28 heavy (non-hydrogen) atoms. The molecule has 9 heteroatoms. The Bertz CT molecular complexity index is 993. The maximum absolute atomic E-state index is 14.5. The maximum Gasteiger partial charge on any atom is 0.279 e. The summed E-state index contributed by atoms with van der Waals surface area (Å²) in [7, 11) is 1.75. The summed E-state index contributed by atoms with van der Waals surface area (Å²) < 4.78 is 16.2. The van der Waals surface area contributed by atoms with Crippen LogP contribution >= 0.6 is 11.8 Å². The predicted octanol–water partition coefficient (Wildman–Crippen LogP) is 3.22. The minimum absolute atomic E-state index is 0.0355. The van der Waals surface area contributed by atoms with Crippen molar-refractivity contribution in [2.24, 2.45) is 7.05 Å². The van der Waals surface area contributed by atoms with Gasteiger partial charge in [-0.2, -0.15) is 0 Å². The van der Waals surface area contributed by atoms with Crippen LogP contribution in [0.15, 0.2) is 41.4 Å². The number of carbonyl (C=O) groups is 1. The Kier molecular flexibility index (Phi) is 6.50. The highest BCUT2D eigenvalue weighted by molar-refractivity contribution is 7.98. The molecule has 1 amide bonds. The fourth-order valence-electron chi connectivity index (χ4n) is 2.79. The van der Waals surface area contributed by atoms with Crippen LogP contribution in [0.2, 0.25) is 0 Å². The number of hydrogen-bond donors (Lipinski definition) is 3. The van der Waals surface area contributed by atoms with E-state index in [1.54, 1.807) is 42.1 Å². The van der Waals surface area contributed by atoms with Gasteiger partial charge < -0.3 is 15.0 Å². The standard InChI is InChI=1S/C19H21FN4O3S/c1-24-17-13(5-3-8-21-17)16(19(26)23-27-10-4-9-25)18(24)22-15-7-6-12(28-2)11-14(15)20/h3,5-8,11,22,25H,4,9-10H2,1-2H3,(H,23,26). The first-order valence-corrected chi connectivity index (χ1v) is 9.86. The summed E-state index contributed by atoms with van der Waals surface area (Å²) in [6, 6.07) is 8.36. The molecule has 3 aromatic rings. The number of thioether (sulfide) groups is 1. The van der Waals surface area contributed by atoms with E-state index >= 15 is 0 Å². The molecule has 3 rings (SSSR count). The van der Waals surface area contributed by atoms with Crippen molar-refractivity contribution in [2.45, 2.75) is 11.3 Å². The number of nitrogens with one attached hydrogen (secondary N) is 2. The molecule has 0 fully saturated rings. The number of anilines is 2. The van der Waals surface area contributed by atoms with Crippen LogP contribution in [-0.4, -0.2) is 40.0 Å². The molecule has 0 aliphatic heterocycles. The number of hydrogen-bond acceptors (Lipinski definition) is 6. The van der Waals surface area contributed by atoms with Gasteiger partial charge in [-0.1, -0.05) is 0 Å². The van der Waals surface area contributed by atoms with Gasteiger partial charge in [0.15, 0.2) is 0 Å². The number of aryl methyl sites for hydroxylation is 1. The number of rotatable bonds is 8. The first-order chi connectivity index (χ1) is 13.6. The van der Waals surface area contributed by atoms with Crippen molar-refractivity contribution in [1.82, 2.24) is 15.0 Å². The van der Waals surface area contributed by atoms with Gasteiger partial charge in [-0.05, 0) is 43.0 Å². The average molecular weight is 404 g/mol. The lowest BCUT2D eigenvalue weighted by atomic mass is 10.2. The largest absolute Gasteiger partial charge is 0.396 e. The van der Waals surface area contributed by atoms with Gasteiger partial charge in [0.25, 0.3) is 5.91 Å². The summed E-state index contributed by atoms with van der Waals surface area (Å²) in [4.78, 5) is 23.0. The molecule has 0 spiro atoms. The molecule has 3 N–H and O–H groups in total. The Hall–Kier alpha value is -2.62. The first kappa shape index (κ1) is 20.1. The van der Waals surface area contributed by atoms with Crippen molar-refractivity contribution in [2.75, 3.05) is 24.8 Å². The molecule has 0 radical (unpaired) electrons. The highest BCUT2D eigenvalue weighted by Gasteiger charge is 2.23. The average Bonchev–Trinajstić information content (AvgIpc) is 2.99. The molecule has 7 nitrogen and oxygen atoms in total. The Labute approximate surface area is 165 Å².